The van der Waals surface area contributed by atoms with Gasteiger partial charge in [-0.1, -0.05) is 12.1 Å². The predicted octanol–water partition coefficient (Wildman–Crippen LogP) is 2.67. The maximum Gasteiger partial charge on any atom is 0.191 e. The zero-order chi connectivity index (χ0) is 19.8. The van der Waals surface area contributed by atoms with E-state index in [1.165, 1.54) is 11.1 Å². The van der Waals surface area contributed by atoms with Crippen molar-refractivity contribution in [2.75, 3.05) is 13.7 Å². The van der Waals surface area contributed by atoms with Crippen LogP contribution in [-0.4, -0.2) is 34.4 Å². The lowest BCUT2D eigenvalue weighted by molar-refractivity contribution is 0.414. The number of nitrogens with one attached hydrogen (secondary N) is 2. The molecule has 0 aliphatic carbocycles. The van der Waals surface area contributed by atoms with Crippen LogP contribution in [0.25, 0.3) is 0 Å². The Balaban J connectivity index is 1.58. The SMILES string of the molecule is COc1ccc(CCNC(=NCc2ccsc2)NCc2nnc(C)n2C)cc1. The summed E-state index contributed by atoms with van der Waals surface area (Å²) in [5.41, 5.74) is 2.45. The molecule has 0 amide bonds. The van der Waals surface area contributed by atoms with Gasteiger partial charge in [-0.25, -0.2) is 4.99 Å². The lowest BCUT2D eigenvalue weighted by atomic mass is 10.1. The highest BCUT2D eigenvalue weighted by Gasteiger charge is 2.06. The molecule has 0 spiro atoms. The summed E-state index contributed by atoms with van der Waals surface area (Å²) in [5, 5.41) is 19.2. The Morgan fingerprint density at radius 1 is 1.14 bits per heavy atom. The first-order valence-corrected chi connectivity index (χ1v) is 10.1. The van der Waals surface area contributed by atoms with E-state index in [1.54, 1.807) is 18.4 Å². The summed E-state index contributed by atoms with van der Waals surface area (Å²) in [5.74, 6) is 3.40. The highest BCUT2D eigenvalue weighted by atomic mass is 32.1. The van der Waals surface area contributed by atoms with E-state index in [0.717, 1.165) is 36.3 Å². The van der Waals surface area contributed by atoms with Gasteiger partial charge >= 0.3 is 0 Å². The quantitative estimate of drug-likeness (QED) is 0.451. The first-order valence-electron chi connectivity index (χ1n) is 9.17. The standard InChI is InChI=1S/C20H26N6OS/c1-15-24-25-19(26(15)2)13-23-20(22-12-17-9-11-28-14-17)21-10-8-16-4-6-18(27-3)7-5-16/h4-7,9,11,14H,8,10,12-13H2,1-3H3,(H2,21,22,23). The summed E-state index contributed by atoms with van der Waals surface area (Å²) in [6, 6.07) is 10.2. The van der Waals surface area contributed by atoms with Gasteiger partial charge in [0.05, 0.1) is 20.2 Å². The fraction of sp³-hybridized carbons (Fsp3) is 0.350. The predicted molar refractivity (Wildman–Crippen MR) is 113 cm³/mol. The maximum absolute atomic E-state index is 5.21. The fourth-order valence-electron chi connectivity index (χ4n) is 2.61. The number of aliphatic imine (C=N–C) groups is 1. The molecular formula is C20H26N6OS. The van der Waals surface area contributed by atoms with Gasteiger partial charge in [0.1, 0.15) is 11.6 Å². The van der Waals surface area contributed by atoms with Crippen LogP contribution in [0.4, 0.5) is 0 Å². The van der Waals surface area contributed by atoms with Crippen molar-refractivity contribution in [3.63, 3.8) is 0 Å². The minimum Gasteiger partial charge on any atom is -0.497 e. The molecule has 0 radical (unpaired) electrons. The van der Waals surface area contributed by atoms with E-state index in [0.29, 0.717) is 13.1 Å². The van der Waals surface area contributed by atoms with Crippen molar-refractivity contribution in [1.82, 2.24) is 25.4 Å². The van der Waals surface area contributed by atoms with Crippen LogP contribution in [0.1, 0.15) is 22.8 Å². The Morgan fingerprint density at radius 3 is 2.61 bits per heavy atom. The molecule has 8 heteroatoms. The van der Waals surface area contributed by atoms with Gasteiger partial charge in [-0.05, 0) is 53.4 Å². The minimum atomic E-state index is 0.565. The van der Waals surface area contributed by atoms with Crippen LogP contribution in [-0.2, 0) is 26.6 Å². The van der Waals surface area contributed by atoms with Crippen LogP contribution in [0, 0.1) is 6.92 Å². The minimum absolute atomic E-state index is 0.565. The van der Waals surface area contributed by atoms with Gasteiger partial charge < -0.3 is 19.9 Å². The number of methoxy groups -OCH3 is 1. The van der Waals surface area contributed by atoms with Crippen molar-refractivity contribution < 1.29 is 4.74 Å². The van der Waals surface area contributed by atoms with Crippen molar-refractivity contribution in [1.29, 1.82) is 0 Å². The third-order valence-corrected chi connectivity index (χ3v) is 5.19. The molecule has 2 heterocycles. The first-order chi connectivity index (χ1) is 13.7. The zero-order valence-corrected chi connectivity index (χ0v) is 17.3. The Bertz CT molecular complexity index is 886. The second-order valence-electron chi connectivity index (χ2n) is 6.40. The van der Waals surface area contributed by atoms with E-state index in [-0.39, 0.29) is 0 Å². The van der Waals surface area contributed by atoms with Gasteiger partial charge in [0.25, 0.3) is 0 Å². The average molecular weight is 399 g/mol. The Kier molecular flexibility index (Phi) is 7.02. The molecule has 2 N–H and O–H groups in total. The molecule has 2 aromatic heterocycles. The molecule has 0 aliphatic heterocycles. The van der Waals surface area contributed by atoms with Crippen molar-refractivity contribution >= 4 is 17.3 Å². The van der Waals surface area contributed by atoms with E-state index in [9.17, 15) is 0 Å². The molecular weight excluding hydrogens is 372 g/mol. The van der Waals surface area contributed by atoms with Gasteiger partial charge in [-0.15, -0.1) is 10.2 Å². The van der Waals surface area contributed by atoms with Crippen molar-refractivity contribution in [3.8, 4) is 5.75 Å². The van der Waals surface area contributed by atoms with Crippen LogP contribution in [0.2, 0.25) is 0 Å². The summed E-state index contributed by atoms with van der Waals surface area (Å²) < 4.78 is 7.18. The molecule has 148 valence electrons. The molecule has 28 heavy (non-hydrogen) atoms. The molecule has 0 saturated heterocycles. The Morgan fingerprint density at radius 2 is 1.96 bits per heavy atom. The molecule has 0 aliphatic rings. The van der Waals surface area contributed by atoms with Crippen LogP contribution in [0.3, 0.4) is 0 Å². The Hall–Kier alpha value is -2.87. The third-order valence-electron chi connectivity index (χ3n) is 4.46. The average Bonchev–Trinajstić information content (AvgIpc) is 3.35. The zero-order valence-electron chi connectivity index (χ0n) is 16.5. The molecule has 0 fully saturated rings. The van der Waals surface area contributed by atoms with Gasteiger partial charge in [0.2, 0.25) is 0 Å². The number of benzene rings is 1. The molecule has 1 aromatic carbocycles. The van der Waals surface area contributed by atoms with Crippen LogP contribution in [0.15, 0.2) is 46.1 Å². The normalized spacial score (nSPS) is 11.5. The maximum atomic E-state index is 5.21. The van der Waals surface area contributed by atoms with E-state index < -0.39 is 0 Å². The van der Waals surface area contributed by atoms with Gasteiger partial charge in [0.15, 0.2) is 11.8 Å². The highest BCUT2D eigenvalue weighted by molar-refractivity contribution is 7.07. The van der Waals surface area contributed by atoms with E-state index in [4.69, 9.17) is 9.73 Å². The summed E-state index contributed by atoms with van der Waals surface area (Å²) in [7, 11) is 3.64. The number of nitrogens with zero attached hydrogens (tertiary/aromatic N) is 4. The number of hydrogen-bond donors (Lipinski definition) is 2. The molecule has 7 nitrogen and oxygen atoms in total. The Labute approximate surface area is 169 Å². The third kappa shape index (κ3) is 5.56. The smallest absolute Gasteiger partial charge is 0.191 e. The number of rotatable bonds is 8. The molecule has 0 bridgehead atoms. The summed E-state index contributed by atoms with van der Waals surface area (Å²) in [6.45, 7) is 3.92. The molecule has 0 saturated carbocycles. The molecule has 3 aromatic rings. The fourth-order valence-corrected chi connectivity index (χ4v) is 3.27. The van der Waals surface area contributed by atoms with E-state index in [2.05, 4.69) is 49.8 Å². The summed E-state index contributed by atoms with van der Waals surface area (Å²) >= 11 is 1.68. The van der Waals surface area contributed by atoms with Gasteiger partial charge in [-0.3, -0.25) is 0 Å². The lowest BCUT2D eigenvalue weighted by Gasteiger charge is -2.13. The van der Waals surface area contributed by atoms with E-state index >= 15 is 0 Å². The second kappa shape index (κ2) is 9.89. The number of aromatic nitrogens is 3. The number of guanidine groups is 1. The molecule has 0 atom stereocenters. The second-order valence-corrected chi connectivity index (χ2v) is 7.18. The summed E-state index contributed by atoms with van der Waals surface area (Å²) in [4.78, 5) is 4.70. The van der Waals surface area contributed by atoms with Crippen LogP contribution in [0.5, 0.6) is 5.75 Å². The number of thiophene rings is 1. The van der Waals surface area contributed by atoms with E-state index in [1.807, 2.05) is 30.7 Å². The van der Waals surface area contributed by atoms with Crippen molar-refractivity contribution in [2.24, 2.45) is 12.0 Å². The number of ether oxygens (including phenoxy) is 1. The first kappa shape index (κ1) is 19.9. The van der Waals surface area contributed by atoms with Crippen molar-refractivity contribution in [2.45, 2.75) is 26.4 Å². The van der Waals surface area contributed by atoms with Gasteiger partial charge in [0, 0.05) is 13.6 Å². The molecule has 0 unspecified atom stereocenters. The van der Waals surface area contributed by atoms with Crippen LogP contribution < -0.4 is 15.4 Å². The number of aryl methyl sites for hydroxylation is 1. The lowest BCUT2D eigenvalue weighted by Crippen LogP contribution is -2.38. The number of hydrogen-bond acceptors (Lipinski definition) is 5. The highest BCUT2D eigenvalue weighted by Crippen LogP contribution is 2.11. The summed E-state index contributed by atoms with van der Waals surface area (Å²) in [6.07, 6.45) is 0.895. The van der Waals surface area contributed by atoms with Gasteiger partial charge in [-0.2, -0.15) is 11.3 Å². The topological polar surface area (TPSA) is 76.4 Å². The monoisotopic (exact) mass is 398 g/mol. The molecule has 3 rings (SSSR count). The van der Waals surface area contributed by atoms with Crippen LogP contribution >= 0.6 is 11.3 Å². The largest absolute Gasteiger partial charge is 0.497 e. The van der Waals surface area contributed by atoms with Crippen molar-refractivity contribution in [3.05, 3.63) is 63.9 Å².